The summed E-state index contributed by atoms with van der Waals surface area (Å²) in [6.45, 7) is 1.00. The number of carbonyl (C=O) groups is 1. The number of thiophene rings is 1. The van der Waals surface area contributed by atoms with Crippen molar-refractivity contribution in [1.29, 1.82) is 0 Å². The molecule has 0 radical (unpaired) electrons. The Balaban J connectivity index is 1.49. The Morgan fingerprint density at radius 2 is 2.08 bits per heavy atom. The van der Waals surface area contributed by atoms with Crippen molar-refractivity contribution in [3.05, 3.63) is 58.1 Å². The van der Waals surface area contributed by atoms with Crippen LogP contribution in [0.4, 0.5) is 0 Å². The molecule has 1 amide bonds. The molecule has 25 heavy (non-hydrogen) atoms. The number of hydrogen-bond acceptors (Lipinski definition) is 6. The van der Waals surface area contributed by atoms with Gasteiger partial charge in [0.05, 0.1) is 6.61 Å². The van der Waals surface area contributed by atoms with Crippen molar-refractivity contribution in [2.45, 2.75) is 26.0 Å². The van der Waals surface area contributed by atoms with Crippen LogP contribution in [0.25, 0.3) is 11.5 Å². The molecule has 0 saturated heterocycles. The number of hydrogen-bond donors (Lipinski definition) is 1. The van der Waals surface area contributed by atoms with Gasteiger partial charge in [0.1, 0.15) is 0 Å². The average Bonchev–Trinajstić information content (AvgIpc) is 3.31. The van der Waals surface area contributed by atoms with Gasteiger partial charge in [-0.1, -0.05) is 24.3 Å². The number of carbonyl (C=O) groups excluding carboxylic acids is 1. The molecule has 0 aliphatic heterocycles. The Labute approximate surface area is 149 Å². The number of aromatic nitrogens is 2. The van der Waals surface area contributed by atoms with Crippen LogP contribution in [0.2, 0.25) is 0 Å². The molecule has 0 aliphatic carbocycles. The normalized spacial score (nSPS) is 10.8. The number of methoxy groups -OCH3 is 1. The van der Waals surface area contributed by atoms with Crippen molar-refractivity contribution in [3.63, 3.8) is 0 Å². The van der Waals surface area contributed by atoms with Crippen molar-refractivity contribution in [3.8, 4) is 11.5 Å². The minimum absolute atomic E-state index is 0.0532. The third-order valence-electron chi connectivity index (χ3n) is 3.70. The number of amides is 1. The molecule has 0 bridgehead atoms. The minimum Gasteiger partial charge on any atom is -0.421 e. The standard InChI is InChI=1S/C18H19N3O3S/c1-23-11-14-5-3-2-4-13(14)10-19-16(22)6-7-17-20-21-18(24-17)15-8-9-25-12-15/h2-5,8-9,12H,6-7,10-11H2,1H3,(H,19,22). The number of aryl methyl sites for hydroxylation is 1. The van der Waals surface area contributed by atoms with E-state index >= 15 is 0 Å². The van der Waals surface area contributed by atoms with Gasteiger partial charge in [0, 0.05) is 37.4 Å². The van der Waals surface area contributed by atoms with Crippen molar-refractivity contribution >= 4 is 17.2 Å². The fourth-order valence-corrected chi connectivity index (χ4v) is 3.02. The van der Waals surface area contributed by atoms with Crippen LogP contribution >= 0.6 is 11.3 Å². The van der Waals surface area contributed by atoms with Gasteiger partial charge in [-0.05, 0) is 22.6 Å². The molecular weight excluding hydrogens is 338 g/mol. The highest BCUT2D eigenvalue weighted by atomic mass is 32.1. The molecule has 0 spiro atoms. The zero-order valence-electron chi connectivity index (χ0n) is 13.9. The molecule has 7 heteroatoms. The summed E-state index contributed by atoms with van der Waals surface area (Å²) >= 11 is 1.57. The lowest BCUT2D eigenvalue weighted by Crippen LogP contribution is -2.23. The molecule has 0 saturated carbocycles. The van der Waals surface area contributed by atoms with Crippen LogP contribution in [-0.2, 0) is 29.1 Å². The first kappa shape index (κ1) is 17.3. The Morgan fingerprint density at radius 1 is 1.24 bits per heavy atom. The van der Waals surface area contributed by atoms with E-state index in [-0.39, 0.29) is 5.91 Å². The van der Waals surface area contributed by atoms with E-state index in [9.17, 15) is 4.79 Å². The van der Waals surface area contributed by atoms with Gasteiger partial charge in [-0.15, -0.1) is 10.2 Å². The van der Waals surface area contributed by atoms with Crippen molar-refractivity contribution in [2.24, 2.45) is 0 Å². The number of rotatable bonds is 8. The molecular formula is C18H19N3O3S. The van der Waals surface area contributed by atoms with Gasteiger partial charge in [0.2, 0.25) is 17.7 Å². The lowest BCUT2D eigenvalue weighted by Gasteiger charge is -2.09. The smallest absolute Gasteiger partial charge is 0.248 e. The molecule has 2 aromatic heterocycles. The number of ether oxygens (including phenoxy) is 1. The Bertz CT molecular complexity index is 815. The van der Waals surface area contributed by atoms with Gasteiger partial charge in [0.15, 0.2) is 0 Å². The summed E-state index contributed by atoms with van der Waals surface area (Å²) in [5, 5.41) is 14.8. The maximum Gasteiger partial charge on any atom is 0.248 e. The average molecular weight is 357 g/mol. The van der Waals surface area contributed by atoms with Crippen LogP contribution in [0.1, 0.15) is 23.4 Å². The minimum atomic E-state index is -0.0532. The van der Waals surface area contributed by atoms with Gasteiger partial charge < -0.3 is 14.5 Å². The summed E-state index contributed by atoms with van der Waals surface area (Å²) in [5.41, 5.74) is 3.03. The Morgan fingerprint density at radius 3 is 2.84 bits per heavy atom. The molecule has 6 nitrogen and oxygen atoms in total. The molecule has 0 fully saturated rings. The van der Waals surface area contributed by atoms with E-state index in [4.69, 9.17) is 9.15 Å². The van der Waals surface area contributed by atoms with Crippen LogP contribution in [0, 0.1) is 0 Å². The summed E-state index contributed by atoms with van der Waals surface area (Å²) in [6.07, 6.45) is 0.723. The van der Waals surface area contributed by atoms with Gasteiger partial charge in [-0.25, -0.2) is 0 Å². The first-order valence-corrected chi connectivity index (χ1v) is 8.88. The lowest BCUT2D eigenvalue weighted by molar-refractivity contribution is -0.121. The van der Waals surface area contributed by atoms with Crippen molar-refractivity contribution in [2.75, 3.05) is 7.11 Å². The maximum atomic E-state index is 12.1. The topological polar surface area (TPSA) is 77.2 Å². The number of nitrogens with one attached hydrogen (secondary N) is 1. The predicted molar refractivity (Wildman–Crippen MR) is 94.9 cm³/mol. The monoisotopic (exact) mass is 357 g/mol. The quantitative estimate of drug-likeness (QED) is 0.670. The van der Waals surface area contributed by atoms with Gasteiger partial charge in [-0.2, -0.15) is 11.3 Å². The van der Waals surface area contributed by atoms with E-state index in [1.54, 1.807) is 18.4 Å². The van der Waals surface area contributed by atoms with E-state index < -0.39 is 0 Å². The van der Waals surface area contributed by atoms with Crippen LogP contribution < -0.4 is 5.32 Å². The summed E-state index contributed by atoms with van der Waals surface area (Å²) in [4.78, 5) is 12.1. The fourth-order valence-electron chi connectivity index (χ4n) is 2.39. The molecule has 130 valence electrons. The highest BCUT2D eigenvalue weighted by Gasteiger charge is 2.11. The van der Waals surface area contributed by atoms with E-state index in [1.807, 2.05) is 41.1 Å². The molecule has 0 atom stereocenters. The fraction of sp³-hybridized carbons (Fsp3) is 0.278. The SMILES string of the molecule is COCc1ccccc1CNC(=O)CCc1nnc(-c2ccsc2)o1. The second-order valence-electron chi connectivity index (χ2n) is 5.49. The zero-order valence-corrected chi connectivity index (χ0v) is 14.7. The van der Waals surface area contributed by atoms with Crippen LogP contribution in [0.5, 0.6) is 0 Å². The van der Waals surface area contributed by atoms with E-state index in [0.717, 1.165) is 16.7 Å². The lowest BCUT2D eigenvalue weighted by atomic mass is 10.1. The van der Waals surface area contributed by atoms with E-state index in [0.29, 0.717) is 37.8 Å². The Kier molecular flexibility index (Phi) is 5.92. The van der Waals surface area contributed by atoms with Crippen molar-refractivity contribution in [1.82, 2.24) is 15.5 Å². The summed E-state index contributed by atoms with van der Waals surface area (Å²) in [5.74, 6) is 0.906. The molecule has 2 heterocycles. The highest BCUT2D eigenvalue weighted by molar-refractivity contribution is 7.08. The summed E-state index contributed by atoms with van der Waals surface area (Å²) < 4.78 is 10.8. The highest BCUT2D eigenvalue weighted by Crippen LogP contribution is 2.20. The van der Waals surface area contributed by atoms with Gasteiger partial charge >= 0.3 is 0 Å². The number of nitrogens with zero attached hydrogens (tertiary/aromatic N) is 2. The maximum absolute atomic E-state index is 12.1. The third kappa shape index (κ3) is 4.74. The first-order chi connectivity index (χ1) is 12.3. The molecule has 0 unspecified atom stereocenters. The Hall–Kier alpha value is -2.51. The van der Waals surface area contributed by atoms with Gasteiger partial charge in [0.25, 0.3) is 0 Å². The van der Waals surface area contributed by atoms with E-state index in [1.165, 1.54) is 0 Å². The molecule has 0 aliphatic rings. The van der Waals surface area contributed by atoms with Crippen LogP contribution in [0.15, 0.2) is 45.5 Å². The van der Waals surface area contributed by atoms with E-state index in [2.05, 4.69) is 15.5 Å². The largest absolute Gasteiger partial charge is 0.421 e. The third-order valence-corrected chi connectivity index (χ3v) is 4.38. The van der Waals surface area contributed by atoms with Gasteiger partial charge in [-0.3, -0.25) is 4.79 Å². The second-order valence-corrected chi connectivity index (χ2v) is 6.27. The molecule has 1 aromatic carbocycles. The molecule has 3 rings (SSSR count). The predicted octanol–water partition coefficient (Wildman–Crippen LogP) is 3.19. The summed E-state index contributed by atoms with van der Waals surface area (Å²) in [7, 11) is 1.66. The van der Waals surface area contributed by atoms with Crippen molar-refractivity contribution < 1.29 is 13.9 Å². The zero-order chi connectivity index (χ0) is 17.5. The molecule has 3 aromatic rings. The number of benzene rings is 1. The second kappa shape index (κ2) is 8.55. The first-order valence-electron chi connectivity index (χ1n) is 7.93. The summed E-state index contributed by atoms with van der Waals surface area (Å²) in [6, 6.07) is 9.81. The van der Waals surface area contributed by atoms with Crippen LogP contribution in [-0.4, -0.2) is 23.2 Å². The van der Waals surface area contributed by atoms with Crippen LogP contribution in [0.3, 0.4) is 0 Å². The molecule has 1 N–H and O–H groups in total.